The van der Waals surface area contributed by atoms with Crippen LogP contribution in [0.25, 0.3) is 0 Å². The molecular weight excluding hydrogens is 282 g/mol. The molecule has 3 rings (SSSR count). The van der Waals surface area contributed by atoms with Crippen LogP contribution < -0.4 is 15.4 Å². The van der Waals surface area contributed by atoms with E-state index in [-0.39, 0.29) is 11.8 Å². The number of fused-ring (bicyclic) bond motifs is 1. The number of pyridine rings is 1. The minimum Gasteiger partial charge on any atom is -0.491 e. The second-order valence-corrected chi connectivity index (χ2v) is 4.90. The molecule has 0 unspecified atom stereocenters. The molecule has 2 heterocycles. The molecule has 0 spiro atoms. The van der Waals surface area contributed by atoms with Crippen molar-refractivity contribution in [2.24, 2.45) is 0 Å². The number of benzene rings is 1. The van der Waals surface area contributed by atoms with Crippen LogP contribution in [0.2, 0.25) is 0 Å². The van der Waals surface area contributed by atoms with E-state index >= 15 is 0 Å². The minimum atomic E-state index is -0.191. The third-order valence-electron chi connectivity index (χ3n) is 3.28. The molecule has 1 aromatic carbocycles. The van der Waals surface area contributed by atoms with Gasteiger partial charge in [0.15, 0.2) is 0 Å². The molecule has 0 saturated heterocycles. The van der Waals surface area contributed by atoms with Gasteiger partial charge in [0, 0.05) is 18.9 Å². The van der Waals surface area contributed by atoms with Crippen molar-refractivity contribution >= 4 is 17.5 Å². The molecule has 2 N–H and O–H groups in total. The highest BCUT2D eigenvalue weighted by atomic mass is 16.5. The van der Waals surface area contributed by atoms with Gasteiger partial charge >= 0.3 is 0 Å². The fraction of sp³-hybridized carbons (Fsp3) is 0.188. The Morgan fingerprint density at radius 1 is 1.36 bits per heavy atom. The van der Waals surface area contributed by atoms with E-state index in [2.05, 4.69) is 15.6 Å². The molecule has 0 saturated carbocycles. The summed E-state index contributed by atoms with van der Waals surface area (Å²) < 4.78 is 5.49. The Morgan fingerprint density at radius 3 is 3.09 bits per heavy atom. The molecule has 0 aliphatic carbocycles. The summed E-state index contributed by atoms with van der Waals surface area (Å²) in [5.74, 6) is 0.381. The highest BCUT2D eigenvalue weighted by Crippen LogP contribution is 2.28. The van der Waals surface area contributed by atoms with Gasteiger partial charge < -0.3 is 15.4 Å². The number of hydrogen-bond donors (Lipinski definition) is 2. The topological polar surface area (TPSA) is 80.3 Å². The van der Waals surface area contributed by atoms with Gasteiger partial charge in [0.2, 0.25) is 5.91 Å². The number of carbonyl (C=O) groups excluding carboxylic acids is 2. The first-order valence-corrected chi connectivity index (χ1v) is 6.96. The zero-order valence-electron chi connectivity index (χ0n) is 11.8. The molecule has 1 aromatic heterocycles. The van der Waals surface area contributed by atoms with E-state index in [1.807, 2.05) is 12.1 Å². The maximum atomic E-state index is 12.0. The number of amides is 2. The van der Waals surface area contributed by atoms with E-state index in [0.717, 1.165) is 5.56 Å². The second-order valence-electron chi connectivity index (χ2n) is 4.90. The third-order valence-corrected chi connectivity index (χ3v) is 3.28. The van der Waals surface area contributed by atoms with E-state index in [1.165, 1.54) is 6.20 Å². The van der Waals surface area contributed by atoms with Crippen LogP contribution in [-0.2, 0) is 11.3 Å². The van der Waals surface area contributed by atoms with Crippen LogP contribution in [0.5, 0.6) is 5.75 Å². The maximum absolute atomic E-state index is 12.0. The number of nitrogens with zero attached hydrogens (tertiary/aromatic N) is 1. The molecule has 0 fully saturated rings. The first kappa shape index (κ1) is 14.1. The summed E-state index contributed by atoms with van der Waals surface area (Å²) in [5, 5.41) is 5.61. The molecule has 0 atom stereocenters. The van der Waals surface area contributed by atoms with Crippen LogP contribution in [0.1, 0.15) is 22.3 Å². The number of aromatic nitrogens is 1. The standard InChI is InChI=1S/C16H15N3O3/c20-15-5-7-22-14-4-3-11(8-13(14)19-15)9-18-16(21)12-2-1-6-17-10-12/h1-4,6,8,10H,5,7,9H2,(H,18,21)(H,19,20). The number of ether oxygens (including phenoxy) is 1. The number of hydrogen-bond acceptors (Lipinski definition) is 4. The quantitative estimate of drug-likeness (QED) is 0.904. The van der Waals surface area contributed by atoms with Gasteiger partial charge in [0.25, 0.3) is 5.91 Å². The summed E-state index contributed by atoms with van der Waals surface area (Å²) in [7, 11) is 0. The van der Waals surface area contributed by atoms with Crippen molar-refractivity contribution in [2.75, 3.05) is 11.9 Å². The van der Waals surface area contributed by atoms with Crippen LogP contribution in [-0.4, -0.2) is 23.4 Å². The summed E-state index contributed by atoms with van der Waals surface area (Å²) in [6.07, 6.45) is 3.47. The molecule has 1 aliphatic rings. The molecule has 22 heavy (non-hydrogen) atoms. The Hall–Kier alpha value is -2.89. The van der Waals surface area contributed by atoms with Crippen molar-refractivity contribution in [3.05, 3.63) is 53.9 Å². The molecule has 6 nitrogen and oxygen atoms in total. The Balaban J connectivity index is 1.69. The van der Waals surface area contributed by atoms with Crippen molar-refractivity contribution in [3.8, 4) is 5.75 Å². The monoisotopic (exact) mass is 297 g/mol. The van der Waals surface area contributed by atoms with E-state index in [1.54, 1.807) is 24.4 Å². The first-order chi connectivity index (χ1) is 10.7. The third kappa shape index (κ3) is 3.22. The zero-order chi connectivity index (χ0) is 15.4. The lowest BCUT2D eigenvalue weighted by Gasteiger charge is -2.10. The van der Waals surface area contributed by atoms with E-state index < -0.39 is 0 Å². The van der Waals surface area contributed by atoms with E-state index in [4.69, 9.17) is 4.74 Å². The van der Waals surface area contributed by atoms with Gasteiger partial charge in [-0.05, 0) is 29.8 Å². The van der Waals surface area contributed by atoms with Crippen LogP contribution >= 0.6 is 0 Å². The summed E-state index contributed by atoms with van der Waals surface area (Å²) in [4.78, 5) is 27.4. The molecule has 112 valence electrons. The predicted molar refractivity (Wildman–Crippen MR) is 80.6 cm³/mol. The summed E-state index contributed by atoms with van der Waals surface area (Å²) in [6, 6.07) is 8.88. The van der Waals surface area contributed by atoms with Crippen LogP contribution in [0.15, 0.2) is 42.7 Å². The highest BCUT2D eigenvalue weighted by molar-refractivity contribution is 5.94. The summed E-state index contributed by atoms with van der Waals surface area (Å²) in [6.45, 7) is 0.729. The molecule has 2 aromatic rings. The Morgan fingerprint density at radius 2 is 2.27 bits per heavy atom. The van der Waals surface area contributed by atoms with E-state index in [0.29, 0.717) is 36.6 Å². The summed E-state index contributed by atoms with van der Waals surface area (Å²) >= 11 is 0. The van der Waals surface area contributed by atoms with Crippen molar-refractivity contribution in [3.63, 3.8) is 0 Å². The number of anilines is 1. The largest absolute Gasteiger partial charge is 0.491 e. The zero-order valence-corrected chi connectivity index (χ0v) is 11.8. The molecule has 6 heteroatoms. The number of carbonyl (C=O) groups is 2. The van der Waals surface area contributed by atoms with Crippen molar-refractivity contribution in [1.82, 2.24) is 10.3 Å². The molecule has 0 bridgehead atoms. The molecule has 2 amide bonds. The minimum absolute atomic E-state index is 0.0738. The SMILES string of the molecule is O=C1CCOc2ccc(CNC(=O)c3cccnc3)cc2N1. The van der Waals surface area contributed by atoms with Crippen LogP contribution in [0.3, 0.4) is 0 Å². The average Bonchev–Trinajstić information content (AvgIpc) is 2.73. The van der Waals surface area contributed by atoms with Crippen molar-refractivity contribution in [2.45, 2.75) is 13.0 Å². The van der Waals surface area contributed by atoms with Gasteiger partial charge in [-0.1, -0.05) is 6.07 Å². The van der Waals surface area contributed by atoms with Gasteiger partial charge in [-0.25, -0.2) is 0 Å². The number of nitrogens with one attached hydrogen (secondary N) is 2. The normalized spacial score (nSPS) is 13.4. The van der Waals surface area contributed by atoms with Crippen molar-refractivity contribution < 1.29 is 14.3 Å². The molecule has 0 radical (unpaired) electrons. The van der Waals surface area contributed by atoms with Crippen LogP contribution in [0, 0.1) is 0 Å². The highest BCUT2D eigenvalue weighted by Gasteiger charge is 2.14. The fourth-order valence-electron chi connectivity index (χ4n) is 2.16. The lowest BCUT2D eigenvalue weighted by molar-refractivity contribution is -0.116. The van der Waals surface area contributed by atoms with Gasteiger partial charge in [-0.3, -0.25) is 14.6 Å². The van der Waals surface area contributed by atoms with Gasteiger partial charge in [-0.15, -0.1) is 0 Å². The van der Waals surface area contributed by atoms with Crippen LogP contribution in [0.4, 0.5) is 5.69 Å². The Kier molecular flexibility index (Phi) is 4.00. The molecular formula is C16H15N3O3. The Labute approximate surface area is 127 Å². The number of rotatable bonds is 3. The predicted octanol–water partition coefficient (Wildman–Crippen LogP) is 1.73. The van der Waals surface area contributed by atoms with Crippen molar-refractivity contribution in [1.29, 1.82) is 0 Å². The van der Waals surface area contributed by atoms with Gasteiger partial charge in [0.05, 0.1) is 24.3 Å². The van der Waals surface area contributed by atoms with Gasteiger partial charge in [0.1, 0.15) is 5.75 Å². The average molecular weight is 297 g/mol. The smallest absolute Gasteiger partial charge is 0.253 e. The summed E-state index contributed by atoms with van der Waals surface area (Å²) in [5.41, 5.74) is 2.02. The first-order valence-electron chi connectivity index (χ1n) is 6.96. The lowest BCUT2D eigenvalue weighted by Crippen LogP contribution is -2.22. The lowest BCUT2D eigenvalue weighted by atomic mass is 10.1. The molecule has 1 aliphatic heterocycles. The Bertz CT molecular complexity index is 701. The van der Waals surface area contributed by atoms with E-state index in [9.17, 15) is 9.59 Å². The maximum Gasteiger partial charge on any atom is 0.253 e. The second kappa shape index (κ2) is 6.26. The van der Waals surface area contributed by atoms with Gasteiger partial charge in [-0.2, -0.15) is 0 Å². The fourth-order valence-corrected chi connectivity index (χ4v) is 2.16.